The van der Waals surface area contributed by atoms with Crippen LogP contribution in [0.3, 0.4) is 0 Å². The van der Waals surface area contributed by atoms with Crippen LogP contribution in [0, 0.1) is 0 Å². The first kappa shape index (κ1) is 19.5. The lowest BCUT2D eigenvalue weighted by atomic mass is 10.2. The van der Waals surface area contributed by atoms with Gasteiger partial charge in [-0.05, 0) is 30.7 Å². The predicted molar refractivity (Wildman–Crippen MR) is 104 cm³/mol. The number of nitrogens with one attached hydrogen (secondary N) is 1. The molecule has 0 spiro atoms. The molecule has 1 saturated heterocycles. The first-order valence-corrected chi connectivity index (χ1v) is 9.24. The standard InChI is InChI=1S/C20H24N4O4/c1-2-27-14-5-9-22-19(25)16-6-3-8-21-18(16)23-10-12-24(13-11-23)20(26)17-7-4-15-28-17/h2-4,6-8,15H,1,5,9-14H2,(H,22,25). The molecule has 28 heavy (non-hydrogen) atoms. The van der Waals surface area contributed by atoms with Crippen LogP contribution < -0.4 is 10.2 Å². The highest BCUT2D eigenvalue weighted by molar-refractivity contribution is 5.99. The lowest BCUT2D eigenvalue weighted by Gasteiger charge is -2.35. The average Bonchev–Trinajstić information content (AvgIpc) is 3.28. The summed E-state index contributed by atoms with van der Waals surface area (Å²) in [4.78, 5) is 33.1. The highest BCUT2D eigenvalue weighted by Crippen LogP contribution is 2.20. The maximum atomic E-state index is 12.6. The van der Waals surface area contributed by atoms with Gasteiger partial charge >= 0.3 is 0 Å². The lowest BCUT2D eigenvalue weighted by molar-refractivity contribution is 0.0713. The van der Waals surface area contributed by atoms with E-state index in [9.17, 15) is 9.59 Å². The third-order valence-corrected chi connectivity index (χ3v) is 4.47. The minimum atomic E-state index is -0.171. The van der Waals surface area contributed by atoms with Crippen molar-refractivity contribution in [3.8, 4) is 0 Å². The van der Waals surface area contributed by atoms with Crippen molar-refractivity contribution in [1.29, 1.82) is 0 Å². The van der Waals surface area contributed by atoms with Gasteiger partial charge in [0.2, 0.25) is 0 Å². The molecule has 3 rings (SSSR count). The minimum absolute atomic E-state index is 0.120. The van der Waals surface area contributed by atoms with Crippen LogP contribution in [-0.4, -0.2) is 61.0 Å². The van der Waals surface area contributed by atoms with E-state index in [0.717, 1.165) is 0 Å². The number of anilines is 1. The minimum Gasteiger partial charge on any atom is -0.502 e. The summed E-state index contributed by atoms with van der Waals surface area (Å²) in [6, 6.07) is 6.87. The van der Waals surface area contributed by atoms with E-state index in [2.05, 4.69) is 16.9 Å². The van der Waals surface area contributed by atoms with E-state index in [1.54, 1.807) is 35.4 Å². The van der Waals surface area contributed by atoms with Crippen molar-refractivity contribution in [2.24, 2.45) is 0 Å². The number of nitrogens with zero attached hydrogens (tertiary/aromatic N) is 3. The number of hydrogen-bond acceptors (Lipinski definition) is 6. The van der Waals surface area contributed by atoms with Gasteiger partial charge in [-0.25, -0.2) is 4.98 Å². The van der Waals surface area contributed by atoms with Gasteiger partial charge in [0.25, 0.3) is 11.8 Å². The van der Waals surface area contributed by atoms with Crippen LogP contribution in [-0.2, 0) is 4.74 Å². The monoisotopic (exact) mass is 384 g/mol. The number of pyridine rings is 1. The second-order valence-corrected chi connectivity index (χ2v) is 6.28. The molecule has 2 aromatic heterocycles. The number of ether oxygens (including phenoxy) is 1. The number of piperazine rings is 1. The van der Waals surface area contributed by atoms with E-state index in [1.165, 1.54) is 12.5 Å². The second kappa shape index (κ2) is 9.59. The quantitative estimate of drug-likeness (QED) is 0.553. The molecule has 0 saturated carbocycles. The highest BCUT2D eigenvalue weighted by Gasteiger charge is 2.26. The van der Waals surface area contributed by atoms with Gasteiger partial charge in [0.05, 0.1) is 24.7 Å². The van der Waals surface area contributed by atoms with Crippen LogP contribution in [0.15, 0.2) is 54.0 Å². The highest BCUT2D eigenvalue weighted by atomic mass is 16.5. The number of aromatic nitrogens is 1. The number of hydrogen-bond donors (Lipinski definition) is 1. The number of carbonyl (C=O) groups excluding carboxylic acids is 2. The van der Waals surface area contributed by atoms with Crippen molar-refractivity contribution in [2.45, 2.75) is 6.42 Å². The average molecular weight is 384 g/mol. The zero-order valence-corrected chi connectivity index (χ0v) is 15.7. The van der Waals surface area contributed by atoms with Crippen molar-refractivity contribution >= 4 is 17.6 Å². The third kappa shape index (κ3) is 4.70. The van der Waals surface area contributed by atoms with E-state index in [0.29, 0.717) is 62.9 Å². The van der Waals surface area contributed by atoms with Crippen molar-refractivity contribution in [3.05, 3.63) is 60.9 Å². The zero-order chi connectivity index (χ0) is 19.8. The Hall–Kier alpha value is -3.29. The van der Waals surface area contributed by atoms with Gasteiger partial charge in [-0.15, -0.1) is 0 Å². The Kier molecular flexibility index (Phi) is 6.67. The fraction of sp³-hybridized carbons (Fsp3) is 0.350. The Balaban J connectivity index is 1.58. The van der Waals surface area contributed by atoms with Crippen LogP contribution in [0.1, 0.15) is 27.3 Å². The fourth-order valence-electron chi connectivity index (χ4n) is 3.04. The Morgan fingerprint density at radius 1 is 1.25 bits per heavy atom. The van der Waals surface area contributed by atoms with Crippen molar-refractivity contribution in [1.82, 2.24) is 15.2 Å². The van der Waals surface area contributed by atoms with E-state index < -0.39 is 0 Å². The summed E-state index contributed by atoms with van der Waals surface area (Å²) in [5, 5.41) is 2.89. The molecule has 0 bridgehead atoms. The van der Waals surface area contributed by atoms with Crippen LogP contribution in [0.2, 0.25) is 0 Å². The van der Waals surface area contributed by atoms with Crippen LogP contribution in [0.25, 0.3) is 0 Å². The summed E-state index contributed by atoms with van der Waals surface area (Å²) in [6.45, 7) is 6.76. The maximum absolute atomic E-state index is 12.6. The molecule has 0 radical (unpaired) electrons. The van der Waals surface area contributed by atoms with Gasteiger partial charge in [0, 0.05) is 38.9 Å². The van der Waals surface area contributed by atoms with Crippen LogP contribution >= 0.6 is 0 Å². The van der Waals surface area contributed by atoms with Crippen LogP contribution in [0.4, 0.5) is 5.82 Å². The summed E-state index contributed by atoms with van der Waals surface area (Å²) in [5.41, 5.74) is 0.526. The van der Waals surface area contributed by atoms with E-state index in [1.807, 2.05) is 4.90 Å². The van der Waals surface area contributed by atoms with E-state index >= 15 is 0 Å². The molecule has 1 fully saturated rings. The number of carbonyl (C=O) groups is 2. The van der Waals surface area contributed by atoms with E-state index in [4.69, 9.17) is 9.15 Å². The summed E-state index contributed by atoms with van der Waals surface area (Å²) in [5.74, 6) is 0.681. The molecule has 0 atom stereocenters. The Bertz CT molecular complexity index is 798. The van der Waals surface area contributed by atoms with Crippen molar-refractivity contribution in [2.75, 3.05) is 44.2 Å². The molecule has 0 aliphatic carbocycles. The largest absolute Gasteiger partial charge is 0.502 e. The molecule has 2 aromatic rings. The first-order valence-electron chi connectivity index (χ1n) is 9.24. The van der Waals surface area contributed by atoms with Gasteiger partial charge in [-0.1, -0.05) is 6.58 Å². The van der Waals surface area contributed by atoms with Crippen molar-refractivity contribution < 1.29 is 18.7 Å². The Morgan fingerprint density at radius 2 is 2.07 bits per heavy atom. The molecule has 1 aliphatic heterocycles. The third-order valence-electron chi connectivity index (χ3n) is 4.47. The van der Waals surface area contributed by atoms with Gasteiger partial charge in [0.15, 0.2) is 5.76 Å². The van der Waals surface area contributed by atoms with Gasteiger partial charge in [0.1, 0.15) is 5.82 Å². The summed E-state index contributed by atoms with van der Waals surface area (Å²) in [6.07, 6.45) is 5.24. The van der Waals surface area contributed by atoms with Gasteiger partial charge in [-0.3, -0.25) is 9.59 Å². The molecule has 2 amide bonds. The number of amides is 2. The van der Waals surface area contributed by atoms with E-state index in [-0.39, 0.29) is 11.8 Å². The maximum Gasteiger partial charge on any atom is 0.289 e. The molecule has 1 aliphatic rings. The molecule has 8 nitrogen and oxygen atoms in total. The first-order chi connectivity index (χ1) is 13.7. The SMILES string of the molecule is C=COCCCNC(=O)c1cccnc1N1CCN(C(=O)c2ccco2)CC1. The molecular weight excluding hydrogens is 360 g/mol. The number of rotatable bonds is 8. The Labute approximate surface area is 163 Å². The summed E-state index contributed by atoms with van der Waals surface area (Å²) < 4.78 is 10.2. The summed E-state index contributed by atoms with van der Waals surface area (Å²) in [7, 11) is 0. The van der Waals surface area contributed by atoms with Gasteiger partial charge in [-0.2, -0.15) is 0 Å². The molecule has 1 N–H and O–H groups in total. The number of furan rings is 1. The van der Waals surface area contributed by atoms with Gasteiger partial charge < -0.3 is 24.3 Å². The van der Waals surface area contributed by atoms with Crippen molar-refractivity contribution in [3.63, 3.8) is 0 Å². The normalized spacial score (nSPS) is 13.9. The predicted octanol–water partition coefficient (Wildman–Crippen LogP) is 1.92. The van der Waals surface area contributed by atoms with Crippen LogP contribution in [0.5, 0.6) is 0 Å². The molecule has 8 heteroatoms. The molecule has 148 valence electrons. The topological polar surface area (TPSA) is 87.9 Å². The smallest absolute Gasteiger partial charge is 0.289 e. The molecule has 3 heterocycles. The second-order valence-electron chi connectivity index (χ2n) is 6.28. The fourth-order valence-corrected chi connectivity index (χ4v) is 3.04. The molecule has 0 unspecified atom stereocenters. The lowest BCUT2D eigenvalue weighted by Crippen LogP contribution is -2.49. The zero-order valence-electron chi connectivity index (χ0n) is 15.7. The summed E-state index contributed by atoms with van der Waals surface area (Å²) >= 11 is 0. The molecule has 0 aromatic carbocycles. The Morgan fingerprint density at radius 3 is 2.79 bits per heavy atom. The molecular formula is C20H24N4O4.